The SMILES string of the molecule is C1=NCc2cc(-c3cn4ccnc4c(Nc4ccc5c(c4)OCC4CN(c6ccccc6)CCN54)n3)ccc21. The summed E-state index contributed by atoms with van der Waals surface area (Å²) in [4.78, 5) is 18.9. The summed E-state index contributed by atoms with van der Waals surface area (Å²) in [5, 5.41) is 3.52. The standard InChI is InChI=1S/C31H27N7O/c1-2-4-25(5-3-1)36-12-13-38-26(18-36)20-39-29-15-24(8-9-28(29)38)34-30-31-33-10-11-37(31)19-27(35-30)21-6-7-22-16-32-17-23(22)14-21/h1-11,14-16,19,26H,12-13,17-18,20H2,(H,34,35). The summed E-state index contributed by atoms with van der Waals surface area (Å²) in [6.07, 6.45) is 7.71. The van der Waals surface area contributed by atoms with Crippen LogP contribution in [0.3, 0.4) is 0 Å². The van der Waals surface area contributed by atoms with E-state index in [0.717, 1.165) is 60.2 Å². The lowest BCUT2D eigenvalue weighted by Crippen LogP contribution is -2.57. The van der Waals surface area contributed by atoms with Crippen molar-refractivity contribution in [1.82, 2.24) is 14.4 Å². The molecule has 3 aliphatic heterocycles. The second-order valence-corrected chi connectivity index (χ2v) is 10.3. The first kappa shape index (κ1) is 22.2. The van der Waals surface area contributed by atoms with Crippen LogP contribution in [0.25, 0.3) is 16.9 Å². The molecule has 8 rings (SSSR count). The van der Waals surface area contributed by atoms with Gasteiger partial charge in [0, 0.05) is 67.4 Å². The van der Waals surface area contributed by atoms with Gasteiger partial charge in [-0.3, -0.25) is 4.99 Å². The number of para-hydroxylation sites is 1. The van der Waals surface area contributed by atoms with Crippen molar-refractivity contribution < 1.29 is 4.74 Å². The van der Waals surface area contributed by atoms with Gasteiger partial charge in [0.1, 0.15) is 12.4 Å². The highest BCUT2D eigenvalue weighted by atomic mass is 16.5. The Hall–Kier alpha value is -4.85. The van der Waals surface area contributed by atoms with Gasteiger partial charge in [0.15, 0.2) is 11.5 Å². The zero-order valence-corrected chi connectivity index (χ0v) is 21.4. The molecule has 0 bridgehead atoms. The minimum atomic E-state index is 0.325. The van der Waals surface area contributed by atoms with Gasteiger partial charge in [0.05, 0.1) is 24.0 Å². The molecule has 1 N–H and O–H groups in total. The minimum absolute atomic E-state index is 0.325. The maximum atomic E-state index is 6.30. The molecule has 0 spiro atoms. The Labute approximate surface area is 226 Å². The minimum Gasteiger partial charge on any atom is -0.489 e. The highest BCUT2D eigenvalue weighted by Crippen LogP contribution is 2.39. The van der Waals surface area contributed by atoms with E-state index in [-0.39, 0.29) is 0 Å². The number of imidazole rings is 1. The Balaban J connectivity index is 1.07. The third kappa shape index (κ3) is 3.87. The second-order valence-electron chi connectivity index (χ2n) is 10.3. The van der Waals surface area contributed by atoms with Crippen molar-refractivity contribution in [2.24, 2.45) is 4.99 Å². The number of hydrogen-bond donors (Lipinski definition) is 1. The van der Waals surface area contributed by atoms with Crippen LogP contribution in [0.2, 0.25) is 0 Å². The van der Waals surface area contributed by atoms with Gasteiger partial charge in [-0.05, 0) is 41.5 Å². The highest BCUT2D eigenvalue weighted by molar-refractivity contribution is 5.86. The van der Waals surface area contributed by atoms with E-state index >= 15 is 0 Å². The van der Waals surface area contributed by atoms with Crippen LogP contribution in [0, 0.1) is 0 Å². The smallest absolute Gasteiger partial charge is 0.180 e. The summed E-state index contributed by atoms with van der Waals surface area (Å²) in [5.41, 5.74) is 8.47. The maximum absolute atomic E-state index is 6.30. The molecule has 1 atom stereocenters. The lowest BCUT2D eigenvalue weighted by Gasteiger charge is -2.46. The number of piperazine rings is 1. The first-order valence-corrected chi connectivity index (χ1v) is 13.4. The topological polar surface area (TPSA) is 70.3 Å². The van der Waals surface area contributed by atoms with Crippen molar-refractivity contribution in [3.8, 4) is 17.0 Å². The van der Waals surface area contributed by atoms with Crippen LogP contribution < -0.4 is 19.9 Å². The fourth-order valence-electron chi connectivity index (χ4n) is 5.88. The van der Waals surface area contributed by atoms with Crippen LogP contribution >= 0.6 is 0 Å². The number of benzene rings is 3. The summed E-state index contributed by atoms with van der Waals surface area (Å²) in [6.45, 7) is 4.29. The summed E-state index contributed by atoms with van der Waals surface area (Å²) in [6, 6.07) is 23.7. The third-order valence-corrected chi connectivity index (χ3v) is 7.87. The molecule has 3 aliphatic rings. The Bertz CT molecular complexity index is 1730. The number of anilines is 4. The number of aliphatic imine (C=N–C) groups is 1. The van der Waals surface area contributed by atoms with Gasteiger partial charge < -0.3 is 24.3 Å². The van der Waals surface area contributed by atoms with Crippen molar-refractivity contribution in [3.05, 3.63) is 96.4 Å². The lowest BCUT2D eigenvalue weighted by molar-refractivity contribution is 0.255. The third-order valence-electron chi connectivity index (χ3n) is 7.87. The fraction of sp³-hybridized carbons (Fsp3) is 0.194. The molecule has 0 radical (unpaired) electrons. The monoisotopic (exact) mass is 513 g/mol. The number of nitrogens with one attached hydrogen (secondary N) is 1. The normalized spacial score (nSPS) is 17.5. The molecule has 1 saturated heterocycles. The largest absolute Gasteiger partial charge is 0.489 e. The number of hydrogen-bond acceptors (Lipinski definition) is 7. The predicted molar refractivity (Wildman–Crippen MR) is 155 cm³/mol. The molecular weight excluding hydrogens is 486 g/mol. The number of aromatic nitrogens is 3. The van der Waals surface area contributed by atoms with E-state index in [9.17, 15) is 0 Å². The quantitative estimate of drug-likeness (QED) is 0.358. The van der Waals surface area contributed by atoms with Gasteiger partial charge >= 0.3 is 0 Å². The molecule has 1 fully saturated rings. The number of nitrogens with zero attached hydrogens (tertiary/aromatic N) is 6. The second kappa shape index (κ2) is 8.87. The fourth-order valence-corrected chi connectivity index (χ4v) is 5.88. The van der Waals surface area contributed by atoms with Crippen LogP contribution in [0.15, 0.2) is 90.3 Å². The summed E-state index contributed by atoms with van der Waals surface area (Å²) < 4.78 is 8.32. The van der Waals surface area contributed by atoms with E-state index in [2.05, 4.69) is 91.8 Å². The predicted octanol–water partition coefficient (Wildman–Crippen LogP) is 5.16. The molecule has 3 aromatic carbocycles. The summed E-state index contributed by atoms with van der Waals surface area (Å²) in [5.74, 6) is 1.61. The zero-order valence-electron chi connectivity index (χ0n) is 21.4. The Morgan fingerprint density at radius 3 is 2.87 bits per heavy atom. The van der Waals surface area contributed by atoms with Gasteiger partial charge in [-0.25, -0.2) is 9.97 Å². The molecule has 5 aromatic rings. The van der Waals surface area contributed by atoms with E-state index in [1.54, 1.807) is 6.20 Å². The van der Waals surface area contributed by atoms with Gasteiger partial charge in [-0.2, -0.15) is 0 Å². The molecule has 39 heavy (non-hydrogen) atoms. The van der Waals surface area contributed by atoms with Gasteiger partial charge in [0.2, 0.25) is 0 Å². The van der Waals surface area contributed by atoms with Crippen LogP contribution in [0.1, 0.15) is 11.1 Å². The van der Waals surface area contributed by atoms with Crippen molar-refractivity contribution in [3.63, 3.8) is 0 Å². The average molecular weight is 514 g/mol. The van der Waals surface area contributed by atoms with E-state index in [0.29, 0.717) is 18.5 Å². The molecule has 1 unspecified atom stereocenters. The molecule has 8 nitrogen and oxygen atoms in total. The number of ether oxygens (including phenoxy) is 1. The highest BCUT2D eigenvalue weighted by Gasteiger charge is 2.33. The van der Waals surface area contributed by atoms with E-state index in [4.69, 9.17) is 9.72 Å². The molecule has 0 amide bonds. The molecular formula is C31H27N7O. The van der Waals surface area contributed by atoms with Crippen LogP contribution in [-0.2, 0) is 6.54 Å². The summed E-state index contributed by atoms with van der Waals surface area (Å²) >= 11 is 0. The zero-order chi connectivity index (χ0) is 25.8. The average Bonchev–Trinajstić information content (AvgIpc) is 3.66. The van der Waals surface area contributed by atoms with E-state index in [1.165, 1.54) is 16.8 Å². The molecule has 0 aliphatic carbocycles. The van der Waals surface area contributed by atoms with Crippen molar-refractivity contribution in [2.75, 3.05) is 41.4 Å². The van der Waals surface area contributed by atoms with Crippen LogP contribution in [-0.4, -0.2) is 52.9 Å². The Kier molecular flexibility index (Phi) is 5.04. The van der Waals surface area contributed by atoms with Gasteiger partial charge in [-0.15, -0.1) is 0 Å². The van der Waals surface area contributed by atoms with E-state index in [1.807, 2.05) is 23.0 Å². The molecule has 8 heteroatoms. The first-order chi connectivity index (χ1) is 19.3. The van der Waals surface area contributed by atoms with Crippen LogP contribution in [0.4, 0.5) is 22.9 Å². The molecule has 192 valence electrons. The molecule has 5 heterocycles. The lowest BCUT2D eigenvalue weighted by atomic mass is 10.0. The van der Waals surface area contributed by atoms with Gasteiger partial charge in [0.25, 0.3) is 0 Å². The number of rotatable bonds is 4. The van der Waals surface area contributed by atoms with Crippen molar-refractivity contribution in [1.29, 1.82) is 0 Å². The number of fused-ring (bicyclic) bond motifs is 5. The van der Waals surface area contributed by atoms with E-state index < -0.39 is 0 Å². The van der Waals surface area contributed by atoms with Crippen LogP contribution in [0.5, 0.6) is 5.75 Å². The maximum Gasteiger partial charge on any atom is 0.180 e. The van der Waals surface area contributed by atoms with Crippen molar-refractivity contribution >= 4 is 34.7 Å². The Morgan fingerprint density at radius 1 is 0.974 bits per heavy atom. The first-order valence-electron chi connectivity index (χ1n) is 13.4. The van der Waals surface area contributed by atoms with Crippen molar-refractivity contribution in [2.45, 2.75) is 12.6 Å². The molecule has 2 aromatic heterocycles. The molecule has 0 saturated carbocycles. The Morgan fingerprint density at radius 2 is 1.92 bits per heavy atom. The van der Waals surface area contributed by atoms with Gasteiger partial charge in [-0.1, -0.05) is 30.3 Å². The summed E-state index contributed by atoms with van der Waals surface area (Å²) in [7, 11) is 0.